The van der Waals surface area contributed by atoms with Crippen LogP contribution in [0.1, 0.15) is 23.6 Å². The molecular formula is C17H23N5OS. The molecular weight excluding hydrogens is 322 g/mol. The number of anilines is 1. The minimum absolute atomic E-state index is 0.0487. The number of nitrogens with one attached hydrogen (secondary N) is 1. The summed E-state index contributed by atoms with van der Waals surface area (Å²) in [6.45, 7) is 4.48. The third-order valence-electron chi connectivity index (χ3n) is 4.25. The average Bonchev–Trinajstić information content (AvgIpc) is 3.17. The fraction of sp³-hybridized carbons (Fsp3) is 0.471. The summed E-state index contributed by atoms with van der Waals surface area (Å²) in [5, 5.41) is 7.38. The van der Waals surface area contributed by atoms with Gasteiger partial charge in [0.25, 0.3) is 0 Å². The number of carbonyl (C=O) groups is 1. The van der Waals surface area contributed by atoms with Crippen LogP contribution in [0.2, 0.25) is 0 Å². The van der Waals surface area contributed by atoms with Crippen molar-refractivity contribution in [2.45, 2.75) is 32.9 Å². The molecule has 0 aliphatic carbocycles. The van der Waals surface area contributed by atoms with E-state index in [0.29, 0.717) is 12.6 Å². The van der Waals surface area contributed by atoms with E-state index in [0.717, 1.165) is 40.8 Å². The lowest BCUT2D eigenvalue weighted by Crippen LogP contribution is -2.39. The normalized spacial score (nSPS) is 17.0. The number of urea groups is 1. The van der Waals surface area contributed by atoms with Gasteiger partial charge in [-0.1, -0.05) is 12.1 Å². The molecule has 1 aliphatic rings. The first-order valence-corrected chi connectivity index (χ1v) is 9.27. The smallest absolute Gasteiger partial charge is 0.321 e. The lowest BCUT2D eigenvalue weighted by Gasteiger charge is -2.24. The number of benzene rings is 1. The third kappa shape index (κ3) is 3.90. The lowest BCUT2D eigenvalue weighted by molar-refractivity contribution is 0.209. The topological polar surface area (TPSA) is 63.1 Å². The first kappa shape index (κ1) is 16.8. The van der Waals surface area contributed by atoms with Crippen LogP contribution in [0.5, 0.6) is 0 Å². The van der Waals surface area contributed by atoms with Crippen LogP contribution in [0.3, 0.4) is 0 Å². The van der Waals surface area contributed by atoms with Gasteiger partial charge in [0.2, 0.25) is 0 Å². The molecule has 1 aromatic heterocycles. The zero-order chi connectivity index (χ0) is 17.1. The molecule has 2 heterocycles. The first-order chi connectivity index (χ1) is 11.5. The summed E-state index contributed by atoms with van der Waals surface area (Å²) >= 11 is 1.90. The van der Waals surface area contributed by atoms with Crippen molar-refractivity contribution in [3.8, 4) is 0 Å². The summed E-state index contributed by atoms with van der Waals surface area (Å²) in [6, 6.07) is 8.18. The monoisotopic (exact) mass is 345 g/mol. The maximum absolute atomic E-state index is 12.4. The van der Waals surface area contributed by atoms with Crippen molar-refractivity contribution in [2.75, 3.05) is 23.9 Å². The zero-order valence-corrected chi connectivity index (χ0v) is 15.1. The second-order valence-corrected chi connectivity index (χ2v) is 7.27. The quantitative estimate of drug-likeness (QED) is 0.925. The Balaban J connectivity index is 1.66. The van der Waals surface area contributed by atoms with Gasteiger partial charge >= 0.3 is 6.03 Å². The van der Waals surface area contributed by atoms with Crippen LogP contribution in [0.4, 0.5) is 10.5 Å². The minimum atomic E-state index is -0.0487. The van der Waals surface area contributed by atoms with E-state index >= 15 is 0 Å². The maximum Gasteiger partial charge on any atom is 0.321 e. The number of aryl methyl sites for hydroxylation is 2. The van der Waals surface area contributed by atoms with Gasteiger partial charge in [0.1, 0.15) is 11.6 Å². The molecule has 2 aromatic rings. The Hall–Kier alpha value is -2.02. The van der Waals surface area contributed by atoms with Crippen LogP contribution in [0, 0.1) is 13.8 Å². The Kier molecular flexibility index (Phi) is 5.08. The van der Waals surface area contributed by atoms with Gasteiger partial charge in [-0.25, -0.2) is 14.5 Å². The molecule has 1 atom stereocenters. The Bertz CT molecular complexity index is 724. The molecule has 128 valence electrons. The molecule has 0 spiro atoms. The Morgan fingerprint density at radius 3 is 2.96 bits per heavy atom. The van der Waals surface area contributed by atoms with Crippen LogP contribution in [-0.2, 0) is 6.54 Å². The summed E-state index contributed by atoms with van der Waals surface area (Å²) in [4.78, 5) is 18.5. The molecule has 1 aromatic carbocycles. The van der Waals surface area contributed by atoms with Crippen molar-refractivity contribution < 1.29 is 4.79 Å². The third-order valence-corrected chi connectivity index (χ3v) is 5.39. The van der Waals surface area contributed by atoms with E-state index < -0.39 is 0 Å². The number of amides is 2. The summed E-state index contributed by atoms with van der Waals surface area (Å²) in [5.41, 5.74) is 1.89. The van der Waals surface area contributed by atoms with E-state index in [-0.39, 0.29) is 6.03 Å². The Morgan fingerprint density at radius 1 is 1.46 bits per heavy atom. The van der Waals surface area contributed by atoms with Gasteiger partial charge in [0.05, 0.1) is 6.54 Å². The number of nitrogens with zero attached hydrogens (tertiary/aromatic N) is 4. The number of carbonyl (C=O) groups excluding carboxylic acids is 1. The van der Waals surface area contributed by atoms with Gasteiger partial charge < -0.3 is 10.2 Å². The largest absolute Gasteiger partial charge is 0.324 e. The lowest BCUT2D eigenvalue weighted by atomic mass is 10.2. The minimum Gasteiger partial charge on any atom is -0.324 e. The molecule has 6 nitrogen and oxygen atoms in total. The van der Waals surface area contributed by atoms with Crippen LogP contribution in [0.25, 0.3) is 0 Å². The maximum atomic E-state index is 12.4. The summed E-state index contributed by atoms with van der Waals surface area (Å²) in [5.74, 6) is 3.82. The highest BCUT2D eigenvalue weighted by Gasteiger charge is 2.23. The fourth-order valence-corrected chi connectivity index (χ4v) is 4.10. The van der Waals surface area contributed by atoms with Gasteiger partial charge in [0.15, 0.2) is 0 Å². The predicted molar refractivity (Wildman–Crippen MR) is 97.6 cm³/mol. The van der Waals surface area contributed by atoms with Crippen molar-refractivity contribution in [3.63, 3.8) is 0 Å². The van der Waals surface area contributed by atoms with E-state index in [4.69, 9.17) is 0 Å². The Morgan fingerprint density at radius 2 is 2.29 bits per heavy atom. The van der Waals surface area contributed by atoms with E-state index in [9.17, 15) is 4.79 Å². The van der Waals surface area contributed by atoms with Crippen molar-refractivity contribution in [1.29, 1.82) is 0 Å². The molecule has 1 saturated heterocycles. The van der Waals surface area contributed by atoms with Crippen LogP contribution >= 0.6 is 11.8 Å². The van der Waals surface area contributed by atoms with E-state index in [1.165, 1.54) is 0 Å². The highest BCUT2D eigenvalue weighted by molar-refractivity contribution is 7.99. The second kappa shape index (κ2) is 7.25. The van der Waals surface area contributed by atoms with Gasteiger partial charge in [-0.3, -0.25) is 0 Å². The molecule has 1 aliphatic heterocycles. The van der Waals surface area contributed by atoms with E-state index in [2.05, 4.69) is 15.4 Å². The fourth-order valence-electron chi connectivity index (χ4n) is 2.84. The molecule has 1 N–H and O–H groups in total. The second-order valence-electron chi connectivity index (χ2n) is 6.12. The van der Waals surface area contributed by atoms with E-state index in [1.54, 1.807) is 0 Å². The number of aromatic nitrogens is 3. The highest BCUT2D eigenvalue weighted by Crippen LogP contribution is 2.22. The molecule has 7 heteroatoms. The highest BCUT2D eigenvalue weighted by atomic mass is 32.2. The molecule has 24 heavy (non-hydrogen) atoms. The molecule has 0 saturated carbocycles. The van der Waals surface area contributed by atoms with Gasteiger partial charge in [-0.05, 0) is 43.7 Å². The van der Waals surface area contributed by atoms with Crippen molar-refractivity contribution >= 4 is 23.5 Å². The molecule has 2 amide bonds. The number of thioether (sulfide) groups is 1. The number of hydrogen-bond acceptors (Lipinski definition) is 4. The summed E-state index contributed by atoms with van der Waals surface area (Å²) < 4.78 is 1.87. The standard InChI is InChI=1S/C17H23N5OS/c1-12-18-13(2)22(20-12)10-14-5-4-6-15(9-14)19-17(23)21(3)16-7-8-24-11-16/h4-6,9,16H,7-8,10-11H2,1-3H3,(H,19,23). The number of rotatable bonds is 4. The predicted octanol–water partition coefficient (Wildman–Crippen LogP) is 2.91. The van der Waals surface area contributed by atoms with Crippen molar-refractivity contribution in [3.05, 3.63) is 41.5 Å². The summed E-state index contributed by atoms with van der Waals surface area (Å²) in [7, 11) is 1.87. The van der Waals surface area contributed by atoms with Crippen molar-refractivity contribution in [2.24, 2.45) is 0 Å². The Labute approximate surface area is 146 Å². The molecule has 3 rings (SSSR count). The van der Waals surface area contributed by atoms with E-state index in [1.807, 2.05) is 66.5 Å². The van der Waals surface area contributed by atoms with Gasteiger partial charge in [-0.2, -0.15) is 16.9 Å². The zero-order valence-electron chi connectivity index (χ0n) is 14.3. The van der Waals surface area contributed by atoms with Crippen LogP contribution in [0.15, 0.2) is 24.3 Å². The average molecular weight is 345 g/mol. The van der Waals surface area contributed by atoms with Gasteiger partial charge in [0, 0.05) is 24.5 Å². The van der Waals surface area contributed by atoms with Gasteiger partial charge in [-0.15, -0.1) is 0 Å². The number of hydrogen-bond donors (Lipinski definition) is 1. The SMILES string of the molecule is Cc1nc(C)n(Cc2cccc(NC(=O)N(C)C3CCSC3)c2)n1. The van der Waals surface area contributed by atoms with Crippen molar-refractivity contribution in [1.82, 2.24) is 19.7 Å². The molecule has 0 bridgehead atoms. The molecule has 0 radical (unpaired) electrons. The molecule has 1 fully saturated rings. The first-order valence-electron chi connectivity index (χ1n) is 8.11. The van der Waals surface area contributed by atoms with Crippen LogP contribution < -0.4 is 5.32 Å². The van der Waals surface area contributed by atoms with Crippen LogP contribution in [-0.4, -0.2) is 50.3 Å². The summed E-state index contributed by atoms with van der Waals surface area (Å²) in [6.07, 6.45) is 1.07. The molecule has 1 unspecified atom stereocenters.